The second-order valence-corrected chi connectivity index (χ2v) is 7.91. The van der Waals surface area contributed by atoms with E-state index in [2.05, 4.69) is 15.1 Å². The number of fused-ring (bicyclic) bond motifs is 1. The number of alkyl halides is 3. The van der Waals surface area contributed by atoms with Crippen molar-refractivity contribution in [3.05, 3.63) is 30.1 Å². The normalized spacial score (nSPS) is 13.1. The fourth-order valence-electron chi connectivity index (χ4n) is 2.53. The lowest BCUT2D eigenvalue weighted by atomic mass is 10.1. The van der Waals surface area contributed by atoms with Gasteiger partial charge in [0.25, 0.3) is 9.84 Å². The lowest BCUT2D eigenvalue weighted by Crippen LogP contribution is -2.23. The molecule has 3 rings (SSSR count). The van der Waals surface area contributed by atoms with Gasteiger partial charge in [-0.25, -0.2) is 13.4 Å². The number of aromatic nitrogens is 4. The molecule has 0 bridgehead atoms. The van der Waals surface area contributed by atoms with E-state index in [1.807, 2.05) is 13.8 Å². The van der Waals surface area contributed by atoms with Crippen molar-refractivity contribution in [2.75, 3.05) is 0 Å². The second-order valence-electron chi connectivity index (χ2n) is 5.97. The summed E-state index contributed by atoms with van der Waals surface area (Å²) >= 11 is 0. The minimum Gasteiger partial charge on any atom is -0.338 e. The molecule has 6 nitrogen and oxygen atoms in total. The Morgan fingerprint density at radius 3 is 2.52 bits per heavy atom. The Morgan fingerprint density at radius 1 is 1.24 bits per heavy atom. The molecule has 134 valence electrons. The van der Waals surface area contributed by atoms with Crippen molar-refractivity contribution >= 4 is 20.9 Å². The minimum atomic E-state index is -5.40. The van der Waals surface area contributed by atoms with E-state index in [-0.39, 0.29) is 11.4 Å². The summed E-state index contributed by atoms with van der Waals surface area (Å²) in [6.45, 7) is 3.92. The van der Waals surface area contributed by atoms with Gasteiger partial charge in [-0.3, -0.25) is 4.68 Å². The van der Waals surface area contributed by atoms with Gasteiger partial charge in [0, 0.05) is 13.2 Å². The molecule has 0 fully saturated rings. The van der Waals surface area contributed by atoms with Gasteiger partial charge >= 0.3 is 5.51 Å². The maximum absolute atomic E-state index is 12.7. The van der Waals surface area contributed by atoms with Crippen LogP contribution in [0.1, 0.15) is 25.5 Å². The monoisotopic (exact) mass is 372 g/mol. The van der Waals surface area contributed by atoms with Crippen LogP contribution in [-0.2, 0) is 16.9 Å². The first kappa shape index (κ1) is 17.5. The quantitative estimate of drug-likeness (QED) is 0.764. The number of hydrogen-bond donors (Lipinski definition) is 1. The Kier molecular flexibility index (Phi) is 3.90. The number of halogens is 3. The first-order valence-corrected chi connectivity index (χ1v) is 8.84. The van der Waals surface area contributed by atoms with Gasteiger partial charge in [0.15, 0.2) is 0 Å². The number of imidazole rings is 1. The molecule has 3 aromatic rings. The molecule has 25 heavy (non-hydrogen) atoms. The molecule has 0 saturated heterocycles. The van der Waals surface area contributed by atoms with Crippen LogP contribution in [0.3, 0.4) is 0 Å². The van der Waals surface area contributed by atoms with Gasteiger partial charge in [0.05, 0.1) is 27.2 Å². The Balaban J connectivity index is 2.14. The van der Waals surface area contributed by atoms with Crippen LogP contribution < -0.4 is 0 Å². The standard InChI is InChI=1S/C15H15F3N4O2S/c1-8(2)13-10(7-22(3)21-13)14-19-11-5-4-9(6-12(11)20-14)25(23,24)15(16,17)18/h4-8H,1-3H3,(H,19,20). The lowest BCUT2D eigenvalue weighted by molar-refractivity contribution is -0.0435. The Morgan fingerprint density at radius 2 is 1.92 bits per heavy atom. The minimum absolute atomic E-state index is 0.116. The number of nitrogens with zero attached hydrogens (tertiary/aromatic N) is 3. The van der Waals surface area contributed by atoms with Crippen LogP contribution in [0.2, 0.25) is 0 Å². The van der Waals surface area contributed by atoms with Crippen molar-refractivity contribution in [1.82, 2.24) is 19.7 Å². The van der Waals surface area contributed by atoms with Crippen molar-refractivity contribution in [3.8, 4) is 11.4 Å². The Bertz CT molecular complexity index is 1050. The molecule has 2 heterocycles. The average Bonchev–Trinajstić information content (AvgIpc) is 3.08. The van der Waals surface area contributed by atoms with E-state index >= 15 is 0 Å². The number of aromatic amines is 1. The van der Waals surface area contributed by atoms with Crippen molar-refractivity contribution in [3.63, 3.8) is 0 Å². The number of rotatable bonds is 3. The van der Waals surface area contributed by atoms with Crippen molar-refractivity contribution in [2.24, 2.45) is 7.05 Å². The molecule has 0 radical (unpaired) electrons. The van der Waals surface area contributed by atoms with Gasteiger partial charge in [-0.05, 0) is 24.1 Å². The number of H-pyrrole nitrogens is 1. The molecule has 1 aromatic carbocycles. The summed E-state index contributed by atoms with van der Waals surface area (Å²) < 4.78 is 62.8. The molecule has 0 unspecified atom stereocenters. The molecule has 0 aliphatic heterocycles. The van der Waals surface area contributed by atoms with Crippen LogP contribution in [0.25, 0.3) is 22.4 Å². The van der Waals surface area contributed by atoms with Crippen LogP contribution in [0.5, 0.6) is 0 Å². The third-order valence-electron chi connectivity index (χ3n) is 3.73. The largest absolute Gasteiger partial charge is 0.501 e. The first-order valence-electron chi connectivity index (χ1n) is 7.35. The SMILES string of the molecule is CC(C)c1nn(C)cc1-c1nc2ccc(S(=O)(=O)C(F)(F)F)cc2[nH]1. The lowest BCUT2D eigenvalue weighted by Gasteiger charge is -2.07. The number of nitrogens with one attached hydrogen (secondary N) is 1. The average molecular weight is 372 g/mol. The maximum Gasteiger partial charge on any atom is 0.501 e. The summed E-state index contributed by atoms with van der Waals surface area (Å²) in [7, 11) is -3.65. The fourth-order valence-corrected chi connectivity index (χ4v) is 3.32. The molecule has 1 N–H and O–H groups in total. The summed E-state index contributed by atoms with van der Waals surface area (Å²) in [5, 5.41) is 4.36. The smallest absolute Gasteiger partial charge is 0.338 e. The predicted molar refractivity (Wildman–Crippen MR) is 85.6 cm³/mol. The summed E-state index contributed by atoms with van der Waals surface area (Å²) in [6, 6.07) is 3.10. The van der Waals surface area contributed by atoms with E-state index in [0.717, 1.165) is 17.8 Å². The molecular weight excluding hydrogens is 357 g/mol. The highest BCUT2D eigenvalue weighted by Crippen LogP contribution is 2.33. The molecule has 2 aromatic heterocycles. The van der Waals surface area contributed by atoms with Crippen molar-refractivity contribution < 1.29 is 21.6 Å². The Labute approximate surface area is 141 Å². The molecule has 0 aliphatic carbocycles. The van der Waals surface area contributed by atoms with Gasteiger partial charge in [0.1, 0.15) is 5.82 Å². The van der Waals surface area contributed by atoms with E-state index in [1.54, 1.807) is 17.9 Å². The summed E-state index contributed by atoms with van der Waals surface area (Å²) in [6.07, 6.45) is 1.75. The van der Waals surface area contributed by atoms with Gasteiger partial charge in [-0.2, -0.15) is 18.3 Å². The topological polar surface area (TPSA) is 80.6 Å². The molecule has 0 spiro atoms. The van der Waals surface area contributed by atoms with Crippen molar-refractivity contribution in [2.45, 2.75) is 30.2 Å². The zero-order valence-electron chi connectivity index (χ0n) is 13.6. The summed E-state index contributed by atoms with van der Waals surface area (Å²) in [5.41, 5.74) is -3.27. The molecule has 0 aliphatic rings. The zero-order chi connectivity index (χ0) is 18.6. The third kappa shape index (κ3) is 2.90. The molecular formula is C15H15F3N4O2S. The Hall–Kier alpha value is -2.36. The highest BCUT2D eigenvalue weighted by atomic mass is 32.2. The molecule has 0 atom stereocenters. The van der Waals surface area contributed by atoms with Gasteiger partial charge in [-0.15, -0.1) is 0 Å². The highest BCUT2D eigenvalue weighted by Gasteiger charge is 2.46. The molecule has 0 saturated carbocycles. The molecule has 0 amide bonds. The molecule has 10 heteroatoms. The van der Waals surface area contributed by atoms with Crippen LogP contribution in [0, 0.1) is 0 Å². The number of benzene rings is 1. The van der Waals surface area contributed by atoms with Crippen LogP contribution in [-0.4, -0.2) is 33.7 Å². The van der Waals surface area contributed by atoms with E-state index in [0.29, 0.717) is 16.9 Å². The van der Waals surface area contributed by atoms with Crippen LogP contribution >= 0.6 is 0 Å². The van der Waals surface area contributed by atoms with Gasteiger partial charge in [-0.1, -0.05) is 13.8 Å². The van der Waals surface area contributed by atoms with E-state index in [1.165, 1.54) is 6.07 Å². The number of sulfone groups is 1. The van der Waals surface area contributed by atoms with E-state index in [9.17, 15) is 21.6 Å². The van der Waals surface area contributed by atoms with Gasteiger partial charge < -0.3 is 4.98 Å². The van der Waals surface area contributed by atoms with Crippen LogP contribution in [0.15, 0.2) is 29.3 Å². The fraction of sp³-hybridized carbons (Fsp3) is 0.333. The predicted octanol–water partition coefficient (Wildman–Crippen LogP) is 3.38. The first-order chi connectivity index (χ1) is 11.5. The number of aryl methyl sites for hydroxylation is 1. The number of hydrogen-bond acceptors (Lipinski definition) is 4. The van der Waals surface area contributed by atoms with E-state index < -0.39 is 20.2 Å². The highest BCUT2D eigenvalue weighted by molar-refractivity contribution is 7.92. The second kappa shape index (κ2) is 5.58. The third-order valence-corrected chi connectivity index (χ3v) is 5.21. The maximum atomic E-state index is 12.7. The zero-order valence-corrected chi connectivity index (χ0v) is 14.4. The van der Waals surface area contributed by atoms with Crippen LogP contribution in [0.4, 0.5) is 13.2 Å². The summed E-state index contributed by atoms with van der Waals surface area (Å²) in [5.74, 6) is 0.541. The van der Waals surface area contributed by atoms with Crippen molar-refractivity contribution in [1.29, 1.82) is 0 Å². The van der Waals surface area contributed by atoms with Gasteiger partial charge in [0.2, 0.25) is 0 Å². The van der Waals surface area contributed by atoms with E-state index in [4.69, 9.17) is 0 Å². The summed E-state index contributed by atoms with van der Waals surface area (Å²) in [4.78, 5) is 6.41.